The minimum atomic E-state index is -0.768. The van der Waals surface area contributed by atoms with Crippen LogP contribution in [-0.2, 0) is 25.7 Å². The van der Waals surface area contributed by atoms with Crippen LogP contribution in [0, 0.1) is 6.92 Å². The highest BCUT2D eigenvalue weighted by molar-refractivity contribution is 5.98. The summed E-state index contributed by atoms with van der Waals surface area (Å²) in [5.74, 6) is -8.73. The molecule has 4 heterocycles. The van der Waals surface area contributed by atoms with E-state index in [1.807, 2.05) is 68.1 Å². The van der Waals surface area contributed by atoms with E-state index >= 15 is 0 Å². The van der Waals surface area contributed by atoms with Gasteiger partial charge in [-0.25, -0.2) is 4.79 Å². The number of aromatic hydroxyl groups is 13. The largest absolute Gasteiger partial charge is 0.508 e. The molecule has 0 spiro atoms. The Hall–Kier alpha value is -12.8. The average molecular weight is 1300 g/mol. The monoisotopic (exact) mass is 1290 g/mol. The maximum Gasteiger partial charge on any atom is 0.343 e. The minimum Gasteiger partial charge on any atom is -0.508 e. The summed E-state index contributed by atoms with van der Waals surface area (Å²) in [4.78, 5) is 60.9. The van der Waals surface area contributed by atoms with Crippen LogP contribution >= 0.6 is 0 Å². The first-order valence-corrected chi connectivity index (χ1v) is 29.2. The van der Waals surface area contributed by atoms with E-state index < -0.39 is 92.7 Å². The predicted octanol–water partition coefficient (Wildman–Crippen LogP) is 8.79. The molecule has 95 heavy (non-hydrogen) atoms. The molecule has 0 bridgehead atoms. The van der Waals surface area contributed by atoms with Gasteiger partial charge >= 0.3 is 5.97 Å². The van der Waals surface area contributed by atoms with Gasteiger partial charge in [-0.3, -0.25) is 14.4 Å². The van der Waals surface area contributed by atoms with Gasteiger partial charge in [0.15, 0.2) is 69.0 Å². The standard InChI is InChI=1S/C18H18N2O4.2C17H16N2O5.C17H16N2O4/c1-10-2-3-14-13(6-10)11(9-20-14)4-5-19-18(24)12-7-15(21)17(23)16(22)8-12;18-4-3-9-8-19-13-2-1-11(7-12(9)13)24-17(23)10-5-14(20)16(22)15(21)6-10;20-11-1-2-13-12(7-11)9(8-19-13)3-4-18-17(24)10-5-14(21)16(23)15(22)6-10;20-14-7-11(8-15(21)16(14)22)17(23)18-6-5-10-9-19-13-4-2-1-3-12(10)13/h2-3,6-9,20-23H,4-5H2,1H3,(H,19,24);1-2,5-8,19-22H,3-4,18H2;1-2,5-8,19-23H,3-4H2,(H,18,24);1-4,7-9,19-22H,5-6H2,(H,18,23). The number of aromatic nitrogens is 4. The van der Waals surface area contributed by atoms with E-state index in [1.165, 1.54) is 5.56 Å². The van der Waals surface area contributed by atoms with Gasteiger partial charge < -0.3 is 113 Å². The highest BCUT2D eigenvalue weighted by atomic mass is 16.5. The van der Waals surface area contributed by atoms with Crippen LogP contribution in [0.5, 0.6) is 80.5 Å². The van der Waals surface area contributed by atoms with Crippen LogP contribution < -0.4 is 26.4 Å². The van der Waals surface area contributed by atoms with Gasteiger partial charge in [0.25, 0.3) is 17.7 Å². The fourth-order valence-electron chi connectivity index (χ4n) is 10.1. The van der Waals surface area contributed by atoms with E-state index in [2.05, 4.69) is 42.0 Å². The Morgan fingerprint density at radius 3 is 1.14 bits per heavy atom. The van der Waals surface area contributed by atoms with E-state index in [1.54, 1.807) is 36.4 Å². The molecule has 12 rings (SSSR count). The highest BCUT2D eigenvalue weighted by Gasteiger charge is 2.19. The number of nitrogens with two attached hydrogens (primary N) is 1. The molecule has 0 aliphatic heterocycles. The van der Waals surface area contributed by atoms with Crippen LogP contribution in [0.3, 0.4) is 0 Å². The van der Waals surface area contributed by atoms with Crippen molar-refractivity contribution in [2.45, 2.75) is 32.6 Å². The number of carbonyl (C=O) groups excluding carboxylic acids is 4. The van der Waals surface area contributed by atoms with Crippen molar-refractivity contribution < 1.29 is 90.3 Å². The molecule has 0 radical (unpaired) electrons. The van der Waals surface area contributed by atoms with Crippen molar-refractivity contribution in [1.29, 1.82) is 0 Å². The summed E-state index contributed by atoms with van der Waals surface area (Å²) in [6.45, 7) is 3.67. The average Bonchev–Trinajstić information content (AvgIpc) is 1.78. The topological polar surface area (TPSA) is 466 Å². The van der Waals surface area contributed by atoms with Crippen molar-refractivity contribution in [3.63, 3.8) is 0 Å². The van der Waals surface area contributed by atoms with Gasteiger partial charge in [-0.2, -0.15) is 0 Å². The molecule has 12 aromatic rings. The van der Waals surface area contributed by atoms with Gasteiger partial charge in [-0.15, -0.1) is 0 Å². The Balaban J connectivity index is 0.000000149. The molecule has 0 saturated carbocycles. The third kappa shape index (κ3) is 16.0. The number of fused-ring (bicyclic) bond motifs is 4. The van der Waals surface area contributed by atoms with Gasteiger partial charge in [0.1, 0.15) is 11.5 Å². The lowest BCUT2D eigenvalue weighted by atomic mass is 10.1. The normalized spacial score (nSPS) is 10.8. The Bertz CT molecular complexity index is 4570. The molecule has 0 atom stereocenters. The van der Waals surface area contributed by atoms with Gasteiger partial charge in [-0.05, 0) is 165 Å². The number of hydrogen-bond acceptors (Lipinski definition) is 19. The summed E-state index contributed by atoms with van der Waals surface area (Å²) in [7, 11) is 0. The molecular formula is C69H66N8O18. The molecule has 26 nitrogen and oxygen atoms in total. The first kappa shape index (κ1) is 66.6. The summed E-state index contributed by atoms with van der Waals surface area (Å²) in [5, 5.41) is 134. The summed E-state index contributed by atoms with van der Waals surface area (Å²) in [6.07, 6.45) is 10.0. The number of aryl methyl sites for hydroxylation is 1. The Kier molecular flexibility index (Phi) is 20.6. The van der Waals surface area contributed by atoms with Crippen LogP contribution in [0.25, 0.3) is 43.6 Å². The number of esters is 1. The SMILES string of the molecule is Cc1ccc2[nH]cc(CCNC(=O)c3cc(O)c(O)c(O)c3)c2c1.NCCc1c[nH]c2ccc(OC(=O)c3cc(O)c(O)c(O)c3)cc12.O=C(NCCc1c[nH]c2ccc(O)cc12)c1cc(O)c(O)c(O)c1.O=C(NCCc1c[nH]c2ccccc12)c1cc(O)c(O)c(O)c1. The Morgan fingerprint density at radius 1 is 0.379 bits per heavy atom. The number of benzene rings is 8. The van der Waals surface area contributed by atoms with Crippen molar-refractivity contribution in [3.05, 3.63) is 202 Å². The van der Waals surface area contributed by atoms with E-state index in [4.69, 9.17) is 10.5 Å². The smallest absolute Gasteiger partial charge is 0.343 e. The van der Waals surface area contributed by atoms with Gasteiger partial charge in [0.05, 0.1) is 5.56 Å². The van der Waals surface area contributed by atoms with Crippen molar-refractivity contribution in [2.24, 2.45) is 5.73 Å². The second-order valence-corrected chi connectivity index (χ2v) is 21.7. The first-order chi connectivity index (χ1) is 45.5. The second-order valence-electron chi connectivity index (χ2n) is 21.7. The number of hydrogen-bond donors (Lipinski definition) is 21. The number of nitrogens with one attached hydrogen (secondary N) is 7. The number of phenolic OH excluding ortho intramolecular Hbond substituents is 13. The Labute approximate surface area is 538 Å². The quantitative estimate of drug-likeness (QED) is 0.0244. The number of ether oxygens (including phenoxy) is 1. The molecule has 8 aromatic carbocycles. The van der Waals surface area contributed by atoms with Crippen molar-refractivity contribution >= 4 is 67.3 Å². The molecule has 0 saturated heterocycles. The molecule has 0 unspecified atom stereocenters. The predicted molar refractivity (Wildman–Crippen MR) is 351 cm³/mol. The molecule has 3 amide bonds. The van der Waals surface area contributed by atoms with Crippen molar-refractivity contribution in [1.82, 2.24) is 35.9 Å². The van der Waals surface area contributed by atoms with Crippen LogP contribution in [0.4, 0.5) is 0 Å². The summed E-state index contributed by atoms with van der Waals surface area (Å²) in [5.41, 5.74) is 14.9. The van der Waals surface area contributed by atoms with E-state index in [0.717, 1.165) is 114 Å². The number of para-hydroxylation sites is 1. The van der Waals surface area contributed by atoms with Crippen molar-refractivity contribution in [3.8, 4) is 80.5 Å². The zero-order valence-electron chi connectivity index (χ0n) is 50.5. The number of carbonyl (C=O) groups is 4. The van der Waals surface area contributed by atoms with Crippen LogP contribution in [0.15, 0.2) is 152 Å². The van der Waals surface area contributed by atoms with E-state index in [-0.39, 0.29) is 28.0 Å². The van der Waals surface area contributed by atoms with Gasteiger partial charge in [0, 0.05) is 105 Å². The second kappa shape index (κ2) is 29.4. The van der Waals surface area contributed by atoms with Gasteiger partial charge in [-0.1, -0.05) is 29.8 Å². The van der Waals surface area contributed by atoms with E-state index in [0.29, 0.717) is 57.6 Å². The molecule has 0 fully saturated rings. The molecule has 4 aromatic heterocycles. The number of phenols is 13. The van der Waals surface area contributed by atoms with E-state index in [9.17, 15) is 85.6 Å². The van der Waals surface area contributed by atoms with Crippen LogP contribution in [0.2, 0.25) is 0 Å². The minimum absolute atomic E-state index is 0.0411. The zero-order chi connectivity index (χ0) is 68.2. The summed E-state index contributed by atoms with van der Waals surface area (Å²) < 4.78 is 5.27. The molecular weight excluding hydrogens is 1230 g/mol. The number of rotatable bonds is 16. The number of H-pyrrole nitrogens is 4. The third-order valence-electron chi connectivity index (χ3n) is 15.1. The van der Waals surface area contributed by atoms with Crippen LogP contribution in [-0.4, -0.2) is 136 Å². The van der Waals surface area contributed by atoms with Crippen LogP contribution in [0.1, 0.15) is 69.2 Å². The first-order valence-electron chi connectivity index (χ1n) is 29.2. The fourth-order valence-corrected chi connectivity index (χ4v) is 10.1. The highest BCUT2D eigenvalue weighted by Crippen LogP contribution is 2.39. The number of aromatic amines is 4. The lowest BCUT2D eigenvalue weighted by Gasteiger charge is -2.07. The maximum atomic E-state index is 12.2. The lowest BCUT2D eigenvalue weighted by molar-refractivity contribution is 0.0733. The van der Waals surface area contributed by atoms with Gasteiger partial charge in [0.2, 0.25) is 0 Å². The maximum absolute atomic E-state index is 12.2. The van der Waals surface area contributed by atoms with Crippen molar-refractivity contribution in [2.75, 3.05) is 26.2 Å². The molecule has 490 valence electrons. The zero-order valence-corrected chi connectivity index (χ0v) is 50.5. The third-order valence-corrected chi connectivity index (χ3v) is 15.1. The molecule has 0 aliphatic carbocycles. The molecule has 22 N–H and O–H groups in total. The fraction of sp³-hybridized carbons (Fsp3) is 0.130. The molecule has 26 heteroatoms. The lowest BCUT2D eigenvalue weighted by Crippen LogP contribution is -2.25. The Morgan fingerprint density at radius 2 is 0.716 bits per heavy atom. The summed E-state index contributed by atoms with van der Waals surface area (Å²) >= 11 is 0. The number of amides is 3. The summed E-state index contributed by atoms with van der Waals surface area (Å²) in [6, 6.07) is 32.8. The molecule has 0 aliphatic rings.